The lowest BCUT2D eigenvalue weighted by Gasteiger charge is -2.11. The van der Waals surface area contributed by atoms with Crippen molar-refractivity contribution in [2.75, 3.05) is 13.7 Å². The van der Waals surface area contributed by atoms with Gasteiger partial charge in [-0.05, 0) is 18.2 Å². The summed E-state index contributed by atoms with van der Waals surface area (Å²) in [7, 11) is 1.52. The average molecular weight is 183 g/mol. The highest BCUT2D eigenvalue weighted by molar-refractivity contribution is 5.40. The summed E-state index contributed by atoms with van der Waals surface area (Å²) in [5.74, 6) is 0.610. The van der Waals surface area contributed by atoms with Crippen LogP contribution in [0, 0.1) is 0 Å². The minimum Gasteiger partial charge on any atom is -0.508 e. The first-order chi connectivity index (χ1) is 6.19. The monoisotopic (exact) mass is 183 g/mol. The van der Waals surface area contributed by atoms with E-state index in [-0.39, 0.29) is 12.3 Å². The van der Waals surface area contributed by atoms with E-state index in [0.29, 0.717) is 11.3 Å². The second-order valence-corrected chi connectivity index (χ2v) is 2.68. The molecule has 4 heteroatoms. The number of phenols is 1. The number of hydrogen-bond donors (Lipinski definition) is 3. The number of ether oxygens (including phenoxy) is 1. The summed E-state index contributed by atoms with van der Waals surface area (Å²) < 4.78 is 4.94. The molecule has 1 aromatic carbocycles. The van der Waals surface area contributed by atoms with E-state index >= 15 is 0 Å². The first kappa shape index (κ1) is 9.83. The summed E-state index contributed by atoms with van der Waals surface area (Å²) >= 11 is 0. The van der Waals surface area contributed by atoms with Gasteiger partial charge >= 0.3 is 0 Å². The molecule has 0 spiro atoms. The minimum absolute atomic E-state index is 0.0266. The number of nitrogens with two attached hydrogens (primary N) is 1. The van der Waals surface area contributed by atoms with Crippen molar-refractivity contribution in [2.24, 2.45) is 5.73 Å². The Balaban J connectivity index is 3.03. The van der Waals surface area contributed by atoms with Gasteiger partial charge in [0.2, 0.25) is 0 Å². The molecule has 0 saturated carbocycles. The van der Waals surface area contributed by atoms with E-state index in [1.165, 1.54) is 13.2 Å². The van der Waals surface area contributed by atoms with E-state index < -0.39 is 6.10 Å². The van der Waals surface area contributed by atoms with Crippen LogP contribution in [0.4, 0.5) is 0 Å². The van der Waals surface area contributed by atoms with Crippen LogP contribution in [0.5, 0.6) is 11.5 Å². The maximum atomic E-state index is 9.39. The Labute approximate surface area is 76.6 Å². The summed E-state index contributed by atoms with van der Waals surface area (Å²) in [5.41, 5.74) is 5.65. The first-order valence-corrected chi connectivity index (χ1v) is 3.94. The van der Waals surface area contributed by atoms with Gasteiger partial charge in [0.25, 0.3) is 0 Å². The van der Waals surface area contributed by atoms with E-state index in [1.807, 2.05) is 0 Å². The molecule has 0 aliphatic heterocycles. The van der Waals surface area contributed by atoms with Crippen LogP contribution < -0.4 is 10.5 Å². The maximum Gasteiger partial charge on any atom is 0.121 e. The zero-order chi connectivity index (χ0) is 9.84. The lowest BCUT2D eigenvalue weighted by atomic mass is 10.1. The van der Waals surface area contributed by atoms with Gasteiger partial charge < -0.3 is 20.7 Å². The van der Waals surface area contributed by atoms with Gasteiger partial charge in [-0.3, -0.25) is 0 Å². The molecule has 0 aliphatic carbocycles. The summed E-state index contributed by atoms with van der Waals surface area (Å²) in [5, 5.41) is 18.8. The van der Waals surface area contributed by atoms with Crippen LogP contribution in [0.1, 0.15) is 11.7 Å². The number of aromatic hydroxyl groups is 1. The second kappa shape index (κ2) is 4.11. The van der Waals surface area contributed by atoms with E-state index in [1.54, 1.807) is 12.1 Å². The van der Waals surface area contributed by atoms with Crippen molar-refractivity contribution in [3.8, 4) is 11.5 Å². The van der Waals surface area contributed by atoms with Gasteiger partial charge in [-0.15, -0.1) is 0 Å². The number of aliphatic hydroxyl groups excluding tert-OH is 1. The van der Waals surface area contributed by atoms with Crippen molar-refractivity contribution in [3.05, 3.63) is 23.8 Å². The zero-order valence-corrected chi connectivity index (χ0v) is 7.40. The van der Waals surface area contributed by atoms with Crippen LogP contribution in [-0.2, 0) is 0 Å². The third kappa shape index (κ3) is 2.11. The maximum absolute atomic E-state index is 9.39. The molecule has 0 unspecified atom stereocenters. The third-order valence-electron chi connectivity index (χ3n) is 1.82. The molecular formula is C9H13NO3. The highest BCUT2D eigenvalue weighted by atomic mass is 16.5. The van der Waals surface area contributed by atoms with Crippen molar-refractivity contribution in [1.29, 1.82) is 0 Å². The molecule has 0 aromatic heterocycles. The zero-order valence-electron chi connectivity index (χ0n) is 7.40. The number of rotatable bonds is 3. The van der Waals surface area contributed by atoms with Crippen LogP contribution in [0.25, 0.3) is 0 Å². The highest BCUT2D eigenvalue weighted by Gasteiger charge is 2.11. The Kier molecular flexibility index (Phi) is 3.11. The standard InChI is InChI=1S/C9H13NO3/c1-13-6-2-3-8(11)7(4-6)9(12)5-10/h2-4,9,11-12H,5,10H2,1H3/t9-/m0/s1. The van der Waals surface area contributed by atoms with E-state index in [4.69, 9.17) is 10.5 Å². The Hall–Kier alpha value is -1.26. The fourth-order valence-corrected chi connectivity index (χ4v) is 1.05. The smallest absolute Gasteiger partial charge is 0.121 e. The second-order valence-electron chi connectivity index (χ2n) is 2.68. The normalized spacial score (nSPS) is 12.5. The molecule has 0 bridgehead atoms. The Morgan fingerprint density at radius 3 is 2.77 bits per heavy atom. The van der Waals surface area contributed by atoms with Crippen molar-refractivity contribution < 1.29 is 14.9 Å². The fourth-order valence-electron chi connectivity index (χ4n) is 1.05. The summed E-state index contributed by atoms with van der Waals surface area (Å²) in [6.45, 7) is 0.0702. The van der Waals surface area contributed by atoms with Gasteiger partial charge in [0, 0.05) is 12.1 Å². The molecule has 1 rings (SSSR count). The number of methoxy groups -OCH3 is 1. The van der Waals surface area contributed by atoms with Gasteiger partial charge in [0.1, 0.15) is 11.5 Å². The van der Waals surface area contributed by atoms with Gasteiger partial charge in [0.05, 0.1) is 13.2 Å². The van der Waals surface area contributed by atoms with Gasteiger partial charge in [-0.25, -0.2) is 0 Å². The number of phenolic OH excluding ortho intramolecular Hbond substituents is 1. The quantitative estimate of drug-likeness (QED) is 0.633. The molecule has 0 amide bonds. The SMILES string of the molecule is COc1ccc(O)c([C@@H](O)CN)c1. The van der Waals surface area contributed by atoms with Gasteiger partial charge in [0.15, 0.2) is 0 Å². The van der Waals surface area contributed by atoms with Crippen LogP contribution in [-0.4, -0.2) is 23.9 Å². The molecule has 0 heterocycles. The molecule has 4 N–H and O–H groups in total. The molecule has 72 valence electrons. The molecule has 13 heavy (non-hydrogen) atoms. The molecule has 0 radical (unpaired) electrons. The van der Waals surface area contributed by atoms with Crippen LogP contribution in [0.15, 0.2) is 18.2 Å². The summed E-state index contributed by atoms with van der Waals surface area (Å²) in [6.07, 6.45) is -0.852. The summed E-state index contributed by atoms with van der Waals surface area (Å²) in [6, 6.07) is 4.64. The van der Waals surface area contributed by atoms with Crippen molar-refractivity contribution in [3.63, 3.8) is 0 Å². The Morgan fingerprint density at radius 2 is 2.23 bits per heavy atom. The first-order valence-electron chi connectivity index (χ1n) is 3.94. The van der Waals surface area contributed by atoms with E-state index in [0.717, 1.165) is 0 Å². The van der Waals surface area contributed by atoms with Crippen molar-refractivity contribution in [1.82, 2.24) is 0 Å². The molecule has 0 aliphatic rings. The topological polar surface area (TPSA) is 75.7 Å². The number of aliphatic hydroxyl groups is 1. The molecule has 0 fully saturated rings. The molecule has 1 atom stereocenters. The van der Waals surface area contributed by atoms with Crippen LogP contribution in [0.3, 0.4) is 0 Å². The predicted octanol–water partition coefficient (Wildman–Crippen LogP) is 0.393. The van der Waals surface area contributed by atoms with Crippen molar-refractivity contribution in [2.45, 2.75) is 6.10 Å². The third-order valence-corrected chi connectivity index (χ3v) is 1.82. The van der Waals surface area contributed by atoms with E-state index in [9.17, 15) is 10.2 Å². The number of benzene rings is 1. The Bertz CT molecular complexity index is 288. The van der Waals surface area contributed by atoms with Crippen molar-refractivity contribution >= 4 is 0 Å². The van der Waals surface area contributed by atoms with E-state index in [2.05, 4.69) is 0 Å². The van der Waals surface area contributed by atoms with Crippen LogP contribution >= 0.6 is 0 Å². The minimum atomic E-state index is -0.852. The van der Waals surface area contributed by atoms with Gasteiger partial charge in [-0.1, -0.05) is 0 Å². The van der Waals surface area contributed by atoms with Crippen LogP contribution in [0.2, 0.25) is 0 Å². The number of hydrogen-bond acceptors (Lipinski definition) is 4. The molecular weight excluding hydrogens is 170 g/mol. The largest absolute Gasteiger partial charge is 0.508 e. The average Bonchev–Trinajstić information content (AvgIpc) is 2.17. The Morgan fingerprint density at radius 1 is 1.54 bits per heavy atom. The molecule has 0 saturated heterocycles. The lowest BCUT2D eigenvalue weighted by molar-refractivity contribution is 0.182. The molecule has 4 nitrogen and oxygen atoms in total. The highest BCUT2D eigenvalue weighted by Crippen LogP contribution is 2.27. The lowest BCUT2D eigenvalue weighted by Crippen LogP contribution is -2.11. The predicted molar refractivity (Wildman–Crippen MR) is 48.7 cm³/mol. The van der Waals surface area contributed by atoms with Gasteiger partial charge in [-0.2, -0.15) is 0 Å². The molecule has 1 aromatic rings. The fraction of sp³-hybridized carbons (Fsp3) is 0.333. The summed E-state index contributed by atoms with van der Waals surface area (Å²) in [4.78, 5) is 0.